The molecule has 0 aromatic heterocycles. The minimum Gasteiger partial charge on any atom is -0.0619 e. The Bertz CT molecular complexity index is 597. The molecule has 0 bridgehead atoms. The lowest BCUT2D eigenvalue weighted by Crippen LogP contribution is -2.41. The summed E-state index contributed by atoms with van der Waals surface area (Å²) in [6.07, 6.45) is 0. The SMILES string of the molecule is CC(C)C1(C)c2ccccc2C(C)(C)c2ccccc21. The van der Waals surface area contributed by atoms with E-state index in [0.29, 0.717) is 5.92 Å². The third-order valence-electron chi connectivity index (χ3n) is 5.47. The van der Waals surface area contributed by atoms with Crippen molar-refractivity contribution in [1.29, 1.82) is 0 Å². The summed E-state index contributed by atoms with van der Waals surface area (Å²) in [4.78, 5) is 0. The average Bonchev–Trinajstić information content (AvgIpc) is 2.45. The van der Waals surface area contributed by atoms with Gasteiger partial charge in [0.1, 0.15) is 0 Å². The van der Waals surface area contributed by atoms with Crippen molar-refractivity contribution in [1.82, 2.24) is 0 Å². The maximum Gasteiger partial charge on any atom is 0.0203 e. The van der Waals surface area contributed by atoms with Gasteiger partial charge in [-0.15, -0.1) is 0 Å². The van der Waals surface area contributed by atoms with Gasteiger partial charge in [0.15, 0.2) is 0 Å². The number of benzene rings is 2. The second kappa shape index (κ2) is 4.22. The van der Waals surface area contributed by atoms with Crippen LogP contribution in [0.3, 0.4) is 0 Å². The molecule has 0 fully saturated rings. The van der Waals surface area contributed by atoms with Crippen LogP contribution in [0.4, 0.5) is 0 Å². The van der Waals surface area contributed by atoms with Crippen molar-refractivity contribution in [3.63, 3.8) is 0 Å². The minimum absolute atomic E-state index is 0.0849. The average molecular weight is 264 g/mol. The van der Waals surface area contributed by atoms with Gasteiger partial charge in [-0.1, -0.05) is 83.1 Å². The fraction of sp³-hybridized carbons (Fsp3) is 0.400. The van der Waals surface area contributed by atoms with Crippen molar-refractivity contribution in [2.75, 3.05) is 0 Å². The Kier molecular flexibility index (Phi) is 2.83. The summed E-state index contributed by atoms with van der Waals surface area (Å²) in [5.74, 6) is 0.570. The topological polar surface area (TPSA) is 0 Å². The molecule has 0 heterocycles. The predicted octanol–water partition coefficient (Wildman–Crippen LogP) is 5.29. The van der Waals surface area contributed by atoms with Gasteiger partial charge in [-0.25, -0.2) is 0 Å². The summed E-state index contributed by atoms with van der Waals surface area (Å²) in [5.41, 5.74) is 6.15. The molecule has 0 radical (unpaired) electrons. The molecule has 2 aromatic carbocycles. The first kappa shape index (κ1) is 13.4. The summed E-state index contributed by atoms with van der Waals surface area (Å²) in [7, 11) is 0. The molecule has 1 aliphatic carbocycles. The van der Waals surface area contributed by atoms with Gasteiger partial charge in [-0.05, 0) is 28.2 Å². The highest BCUT2D eigenvalue weighted by molar-refractivity contribution is 5.58. The van der Waals surface area contributed by atoms with E-state index in [1.165, 1.54) is 22.3 Å². The molecule has 2 aromatic rings. The van der Waals surface area contributed by atoms with E-state index in [-0.39, 0.29) is 10.8 Å². The molecular formula is C20H24. The summed E-state index contributed by atoms with van der Waals surface area (Å²) in [6.45, 7) is 11.8. The van der Waals surface area contributed by atoms with E-state index in [4.69, 9.17) is 0 Å². The van der Waals surface area contributed by atoms with Crippen LogP contribution < -0.4 is 0 Å². The van der Waals surface area contributed by atoms with Crippen molar-refractivity contribution >= 4 is 0 Å². The first-order valence-electron chi connectivity index (χ1n) is 7.60. The van der Waals surface area contributed by atoms with E-state index in [2.05, 4.69) is 83.1 Å². The van der Waals surface area contributed by atoms with Crippen LogP contribution >= 0.6 is 0 Å². The molecule has 3 rings (SSSR count). The standard InChI is InChI=1S/C20H24/c1-14(2)20(5)17-12-8-6-10-15(17)19(3,4)16-11-7-9-13-18(16)20/h6-14H,1-5H3. The second-order valence-electron chi connectivity index (χ2n) is 7.07. The lowest BCUT2D eigenvalue weighted by atomic mass is 9.56. The molecular weight excluding hydrogens is 240 g/mol. The van der Waals surface area contributed by atoms with Crippen molar-refractivity contribution in [3.8, 4) is 0 Å². The van der Waals surface area contributed by atoms with E-state index in [0.717, 1.165) is 0 Å². The summed E-state index contributed by atoms with van der Waals surface area (Å²) < 4.78 is 0. The van der Waals surface area contributed by atoms with Crippen molar-refractivity contribution in [2.24, 2.45) is 5.92 Å². The first-order chi connectivity index (χ1) is 9.40. The largest absolute Gasteiger partial charge is 0.0619 e. The van der Waals surface area contributed by atoms with Crippen LogP contribution in [-0.2, 0) is 10.8 Å². The fourth-order valence-corrected chi connectivity index (χ4v) is 3.87. The Morgan fingerprint density at radius 1 is 0.650 bits per heavy atom. The van der Waals surface area contributed by atoms with Crippen LogP contribution in [0.5, 0.6) is 0 Å². The van der Waals surface area contributed by atoms with E-state index in [1.807, 2.05) is 0 Å². The van der Waals surface area contributed by atoms with Gasteiger partial charge in [0.05, 0.1) is 0 Å². The number of hydrogen-bond donors (Lipinski definition) is 0. The lowest BCUT2D eigenvalue weighted by molar-refractivity contribution is 0.374. The fourth-order valence-electron chi connectivity index (χ4n) is 3.87. The highest BCUT2D eigenvalue weighted by Gasteiger charge is 2.44. The van der Waals surface area contributed by atoms with Gasteiger partial charge in [0.2, 0.25) is 0 Å². The maximum atomic E-state index is 2.41. The molecule has 0 spiro atoms. The third kappa shape index (κ3) is 1.54. The maximum absolute atomic E-state index is 2.41. The Morgan fingerprint density at radius 2 is 1.00 bits per heavy atom. The molecule has 0 nitrogen and oxygen atoms in total. The third-order valence-corrected chi connectivity index (χ3v) is 5.47. The molecule has 0 saturated heterocycles. The van der Waals surface area contributed by atoms with Crippen LogP contribution in [0.2, 0.25) is 0 Å². The van der Waals surface area contributed by atoms with Gasteiger partial charge >= 0.3 is 0 Å². The zero-order chi connectivity index (χ0) is 14.5. The van der Waals surface area contributed by atoms with Crippen LogP contribution in [0.25, 0.3) is 0 Å². The lowest BCUT2D eigenvalue weighted by Gasteiger charge is -2.47. The molecule has 0 amide bonds. The molecule has 20 heavy (non-hydrogen) atoms. The normalized spacial score (nSPS) is 18.5. The van der Waals surface area contributed by atoms with Crippen molar-refractivity contribution < 1.29 is 0 Å². The van der Waals surface area contributed by atoms with Crippen molar-refractivity contribution in [2.45, 2.75) is 45.4 Å². The smallest absolute Gasteiger partial charge is 0.0203 e. The van der Waals surface area contributed by atoms with Crippen LogP contribution in [0.15, 0.2) is 48.5 Å². The molecule has 0 atom stereocenters. The van der Waals surface area contributed by atoms with E-state index < -0.39 is 0 Å². The van der Waals surface area contributed by atoms with Gasteiger partial charge in [0, 0.05) is 10.8 Å². The number of hydrogen-bond acceptors (Lipinski definition) is 0. The molecule has 0 saturated carbocycles. The zero-order valence-corrected chi connectivity index (χ0v) is 13.2. The van der Waals surface area contributed by atoms with E-state index in [1.54, 1.807) is 0 Å². The molecule has 0 heteroatoms. The summed E-state index contributed by atoms with van der Waals surface area (Å²) in [5, 5.41) is 0. The Morgan fingerprint density at radius 3 is 1.35 bits per heavy atom. The number of rotatable bonds is 1. The monoisotopic (exact) mass is 264 g/mol. The molecule has 0 aliphatic heterocycles. The minimum atomic E-state index is 0.0849. The van der Waals surface area contributed by atoms with E-state index in [9.17, 15) is 0 Å². The molecule has 1 aliphatic rings. The molecule has 104 valence electrons. The van der Waals surface area contributed by atoms with Gasteiger partial charge < -0.3 is 0 Å². The Hall–Kier alpha value is -1.56. The highest BCUT2D eigenvalue weighted by atomic mass is 14.5. The van der Waals surface area contributed by atoms with Gasteiger partial charge in [-0.3, -0.25) is 0 Å². The van der Waals surface area contributed by atoms with Crippen LogP contribution in [0.1, 0.15) is 56.9 Å². The van der Waals surface area contributed by atoms with Gasteiger partial charge in [0.25, 0.3) is 0 Å². The number of fused-ring (bicyclic) bond motifs is 2. The molecule has 0 N–H and O–H groups in total. The molecule has 0 unspecified atom stereocenters. The van der Waals surface area contributed by atoms with Crippen LogP contribution in [0, 0.1) is 5.92 Å². The zero-order valence-electron chi connectivity index (χ0n) is 13.2. The summed E-state index contributed by atoms with van der Waals surface area (Å²) >= 11 is 0. The van der Waals surface area contributed by atoms with Gasteiger partial charge in [-0.2, -0.15) is 0 Å². The van der Waals surface area contributed by atoms with E-state index >= 15 is 0 Å². The Balaban J connectivity index is 2.42. The highest BCUT2D eigenvalue weighted by Crippen LogP contribution is 2.52. The van der Waals surface area contributed by atoms with Crippen molar-refractivity contribution in [3.05, 3.63) is 70.8 Å². The Labute approximate surface area is 122 Å². The predicted molar refractivity (Wildman–Crippen MR) is 86.3 cm³/mol. The van der Waals surface area contributed by atoms with Crippen LogP contribution in [-0.4, -0.2) is 0 Å². The summed E-state index contributed by atoms with van der Waals surface area (Å²) in [6, 6.07) is 18.0. The first-order valence-corrected chi connectivity index (χ1v) is 7.60. The second-order valence-corrected chi connectivity index (χ2v) is 7.07. The quantitative estimate of drug-likeness (QED) is 0.656.